The van der Waals surface area contributed by atoms with Gasteiger partial charge in [0.25, 0.3) is 0 Å². The van der Waals surface area contributed by atoms with Crippen LogP contribution in [0.4, 0.5) is 0 Å². The third-order valence-corrected chi connectivity index (χ3v) is 4.79. The number of rotatable bonds is 6. The maximum Gasteiger partial charge on any atom is 0.355 e. The Morgan fingerprint density at radius 2 is 1.62 bits per heavy atom. The van der Waals surface area contributed by atoms with E-state index in [1.165, 1.54) is 0 Å². The van der Waals surface area contributed by atoms with Crippen molar-refractivity contribution in [3.05, 3.63) is 0 Å². The van der Waals surface area contributed by atoms with Gasteiger partial charge in [-0.1, -0.05) is 20.8 Å². The lowest BCUT2D eigenvalue weighted by atomic mass is 9.92. The van der Waals surface area contributed by atoms with Crippen molar-refractivity contribution in [3.8, 4) is 0 Å². The Labute approximate surface area is 102 Å². The molecule has 0 spiro atoms. The second kappa shape index (κ2) is 6.15. The highest BCUT2D eigenvalue weighted by Crippen LogP contribution is 2.56. The Bertz CT molecular complexity index is 275. The molecule has 4 nitrogen and oxygen atoms in total. The van der Waals surface area contributed by atoms with E-state index >= 15 is 0 Å². The van der Waals surface area contributed by atoms with E-state index in [-0.39, 0.29) is 19.0 Å². The molecular formula is C10H20ClO4P. The van der Waals surface area contributed by atoms with E-state index in [1.807, 2.05) is 0 Å². The maximum atomic E-state index is 12.2. The van der Waals surface area contributed by atoms with Gasteiger partial charge in [0, 0.05) is 5.41 Å². The summed E-state index contributed by atoms with van der Waals surface area (Å²) in [5, 5.41) is -1.24. The summed E-state index contributed by atoms with van der Waals surface area (Å²) >= 11 is 5.92. The summed E-state index contributed by atoms with van der Waals surface area (Å²) in [7, 11) is -3.55. The second-order valence-corrected chi connectivity index (χ2v) is 7.18. The molecule has 0 bridgehead atoms. The average Bonchev–Trinajstić information content (AvgIpc) is 2.14. The first-order valence-corrected chi connectivity index (χ1v) is 7.31. The lowest BCUT2D eigenvalue weighted by Crippen LogP contribution is -2.30. The molecule has 0 saturated carbocycles. The van der Waals surface area contributed by atoms with Crippen LogP contribution in [0.15, 0.2) is 0 Å². The van der Waals surface area contributed by atoms with Gasteiger partial charge < -0.3 is 9.05 Å². The zero-order valence-corrected chi connectivity index (χ0v) is 12.1. The molecule has 0 rings (SSSR count). The molecule has 0 aromatic heterocycles. The third kappa shape index (κ3) is 4.17. The van der Waals surface area contributed by atoms with Gasteiger partial charge in [0.15, 0.2) is 10.9 Å². The Morgan fingerprint density at radius 1 is 1.25 bits per heavy atom. The SMILES string of the molecule is CCOP(=O)(OCC)[C@@H](Cl)C(=O)C(C)(C)C. The van der Waals surface area contributed by atoms with Crippen LogP contribution in [0.1, 0.15) is 34.6 Å². The number of halogens is 1. The van der Waals surface area contributed by atoms with Crippen molar-refractivity contribution in [1.82, 2.24) is 0 Å². The summed E-state index contributed by atoms with van der Waals surface area (Å²) in [4.78, 5) is 11.9. The van der Waals surface area contributed by atoms with Gasteiger partial charge in [-0.2, -0.15) is 0 Å². The van der Waals surface area contributed by atoms with E-state index in [0.717, 1.165) is 0 Å². The molecule has 0 N–H and O–H groups in total. The Kier molecular flexibility index (Phi) is 6.20. The van der Waals surface area contributed by atoms with Crippen LogP contribution in [0.3, 0.4) is 0 Å². The van der Waals surface area contributed by atoms with E-state index in [0.29, 0.717) is 0 Å². The van der Waals surface area contributed by atoms with E-state index < -0.39 is 18.1 Å². The minimum absolute atomic E-state index is 0.192. The molecule has 16 heavy (non-hydrogen) atoms. The first kappa shape index (κ1) is 16.1. The molecular weight excluding hydrogens is 251 g/mol. The van der Waals surface area contributed by atoms with E-state index in [2.05, 4.69) is 0 Å². The number of carbonyl (C=O) groups is 1. The van der Waals surface area contributed by atoms with Crippen LogP contribution in [-0.2, 0) is 18.4 Å². The normalized spacial score (nSPS) is 14.9. The number of Topliss-reactive ketones (excluding diaryl/α,β-unsaturated/α-hetero) is 1. The zero-order valence-electron chi connectivity index (χ0n) is 10.4. The minimum Gasteiger partial charge on any atom is -0.308 e. The Hall–Kier alpha value is 0.110. The van der Waals surface area contributed by atoms with Crippen LogP contribution < -0.4 is 0 Å². The molecule has 1 atom stereocenters. The molecule has 0 amide bonds. The van der Waals surface area contributed by atoms with Gasteiger partial charge in [0.2, 0.25) is 0 Å². The lowest BCUT2D eigenvalue weighted by molar-refractivity contribution is -0.124. The van der Waals surface area contributed by atoms with Crippen molar-refractivity contribution < 1.29 is 18.4 Å². The highest BCUT2D eigenvalue weighted by Gasteiger charge is 2.43. The predicted molar refractivity (Wildman–Crippen MR) is 65.0 cm³/mol. The minimum atomic E-state index is -3.55. The highest BCUT2D eigenvalue weighted by atomic mass is 35.5. The molecule has 0 aliphatic carbocycles. The first-order chi connectivity index (χ1) is 7.19. The molecule has 6 heteroatoms. The summed E-state index contributed by atoms with van der Waals surface area (Å²) in [6.45, 7) is 8.89. The van der Waals surface area contributed by atoms with Crippen molar-refractivity contribution in [2.24, 2.45) is 5.41 Å². The first-order valence-electron chi connectivity index (χ1n) is 5.26. The average molecular weight is 271 g/mol. The van der Waals surface area contributed by atoms with Crippen LogP contribution in [0, 0.1) is 5.41 Å². The van der Waals surface area contributed by atoms with Crippen molar-refractivity contribution >= 4 is 25.0 Å². The number of ketones is 1. The molecule has 0 heterocycles. The molecule has 0 aromatic rings. The molecule has 0 saturated heterocycles. The quantitative estimate of drug-likeness (QED) is 0.548. The van der Waals surface area contributed by atoms with Crippen LogP contribution in [0.2, 0.25) is 0 Å². The summed E-state index contributed by atoms with van der Waals surface area (Å²) in [5.41, 5.74) is -0.670. The highest BCUT2D eigenvalue weighted by molar-refractivity contribution is 7.57. The number of hydrogen-bond donors (Lipinski definition) is 0. The molecule has 0 radical (unpaired) electrons. The van der Waals surface area contributed by atoms with Gasteiger partial charge in [-0.3, -0.25) is 9.36 Å². The molecule has 96 valence electrons. The molecule has 0 aromatic carbocycles. The third-order valence-electron chi connectivity index (χ3n) is 1.85. The van der Waals surface area contributed by atoms with Crippen molar-refractivity contribution in [2.75, 3.05) is 13.2 Å². The fraction of sp³-hybridized carbons (Fsp3) is 0.900. The largest absolute Gasteiger partial charge is 0.355 e. The van der Waals surface area contributed by atoms with E-state index in [1.54, 1.807) is 34.6 Å². The molecule has 0 aliphatic heterocycles. The summed E-state index contributed by atoms with van der Waals surface area (Å²) in [6, 6.07) is 0. The lowest BCUT2D eigenvalue weighted by Gasteiger charge is -2.26. The van der Waals surface area contributed by atoms with Gasteiger partial charge in [0.1, 0.15) is 0 Å². The van der Waals surface area contributed by atoms with E-state index in [4.69, 9.17) is 20.6 Å². The number of hydrogen-bond acceptors (Lipinski definition) is 4. The van der Waals surface area contributed by atoms with Gasteiger partial charge in [0.05, 0.1) is 13.2 Å². The van der Waals surface area contributed by atoms with Gasteiger partial charge in [-0.05, 0) is 13.8 Å². The van der Waals surface area contributed by atoms with Gasteiger partial charge in [-0.15, -0.1) is 11.6 Å². The number of carbonyl (C=O) groups excluding carboxylic acids is 1. The van der Waals surface area contributed by atoms with E-state index in [9.17, 15) is 9.36 Å². The van der Waals surface area contributed by atoms with Crippen molar-refractivity contribution in [3.63, 3.8) is 0 Å². The molecule has 0 unspecified atom stereocenters. The predicted octanol–water partition coefficient (Wildman–Crippen LogP) is 3.43. The van der Waals surface area contributed by atoms with Crippen LogP contribution in [-0.4, -0.2) is 24.1 Å². The fourth-order valence-electron chi connectivity index (χ4n) is 1.03. The topological polar surface area (TPSA) is 52.6 Å². The monoisotopic (exact) mass is 270 g/mol. The zero-order chi connectivity index (χ0) is 13.0. The second-order valence-electron chi connectivity index (χ2n) is 4.33. The smallest absolute Gasteiger partial charge is 0.308 e. The summed E-state index contributed by atoms with van der Waals surface area (Å²) in [5.74, 6) is -0.334. The van der Waals surface area contributed by atoms with Crippen LogP contribution in [0.25, 0.3) is 0 Å². The maximum absolute atomic E-state index is 12.2. The standard InChI is InChI=1S/C10H20ClO4P/c1-6-14-16(13,15-7-2)9(11)8(12)10(3,4)5/h9H,6-7H2,1-5H3/t9-/m1/s1. The summed E-state index contributed by atoms with van der Waals surface area (Å²) in [6.07, 6.45) is 0. The van der Waals surface area contributed by atoms with Crippen molar-refractivity contribution in [1.29, 1.82) is 0 Å². The van der Waals surface area contributed by atoms with Crippen LogP contribution in [0.5, 0.6) is 0 Å². The Balaban J connectivity index is 4.95. The summed E-state index contributed by atoms with van der Waals surface area (Å²) < 4.78 is 22.3. The van der Waals surface area contributed by atoms with Crippen molar-refractivity contribution in [2.45, 2.75) is 39.7 Å². The Morgan fingerprint density at radius 3 is 1.88 bits per heavy atom. The fourth-order valence-corrected chi connectivity index (χ4v) is 3.42. The van der Waals surface area contributed by atoms with Gasteiger partial charge in [-0.25, -0.2) is 0 Å². The number of alkyl halides is 1. The molecule has 0 fully saturated rings. The van der Waals surface area contributed by atoms with Gasteiger partial charge >= 0.3 is 7.60 Å². The van der Waals surface area contributed by atoms with Crippen LogP contribution >= 0.6 is 19.2 Å². The molecule has 0 aliphatic rings.